The molecule has 2 amide bonds. The van der Waals surface area contributed by atoms with E-state index in [0.717, 1.165) is 10.0 Å². The molecule has 3 rings (SSSR count). The van der Waals surface area contributed by atoms with Gasteiger partial charge in [0.05, 0.1) is 6.04 Å². The van der Waals surface area contributed by atoms with Gasteiger partial charge in [-0.1, -0.05) is 22.0 Å². The lowest BCUT2D eigenvalue weighted by atomic mass is 10.0. The Hall–Kier alpha value is -1.40. The quantitative estimate of drug-likeness (QED) is 0.809. The first-order chi connectivity index (χ1) is 9.08. The van der Waals surface area contributed by atoms with Crippen LogP contribution in [0.4, 0.5) is 0 Å². The van der Waals surface area contributed by atoms with E-state index in [1.165, 1.54) is 0 Å². The normalized spacial score (nSPS) is 26.3. The second-order valence-electron chi connectivity index (χ2n) is 4.82. The van der Waals surface area contributed by atoms with E-state index in [0.29, 0.717) is 24.9 Å². The minimum atomic E-state index is -0.988. The molecule has 2 aliphatic rings. The second-order valence-corrected chi connectivity index (χ2v) is 5.67. The van der Waals surface area contributed by atoms with Gasteiger partial charge in [0.25, 0.3) is 5.91 Å². The number of fused-ring (bicyclic) bond motifs is 1. The average molecular weight is 325 g/mol. The van der Waals surface area contributed by atoms with E-state index >= 15 is 0 Å². The van der Waals surface area contributed by atoms with Crippen molar-refractivity contribution in [2.45, 2.75) is 31.7 Å². The van der Waals surface area contributed by atoms with Crippen LogP contribution in [0.2, 0.25) is 0 Å². The lowest BCUT2D eigenvalue weighted by Crippen LogP contribution is -2.55. The topological polar surface area (TPSA) is 69.6 Å². The van der Waals surface area contributed by atoms with Gasteiger partial charge in [0.1, 0.15) is 6.23 Å². The van der Waals surface area contributed by atoms with Crippen LogP contribution in [-0.4, -0.2) is 34.1 Å². The molecule has 1 aromatic rings. The third kappa shape index (κ3) is 2.04. The Labute approximate surface area is 118 Å². The van der Waals surface area contributed by atoms with Gasteiger partial charge in [-0.05, 0) is 24.1 Å². The zero-order valence-electron chi connectivity index (χ0n) is 10.1. The number of amides is 2. The Morgan fingerprint density at radius 3 is 2.84 bits per heavy atom. The highest BCUT2D eigenvalue weighted by molar-refractivity contribution is 9.10. The first-order valence-corrected chi connectivity index (χ1v) is 6.93. The van der Waals surface area contributed by atoms with Crippen molar-refractivity contribution in [2.75, 3.05) is 0 Å². The average Bonchev–Trinajstić information content (AvgIpc) is 2.69. The number of halogens is 1. The summed E-state index contributed by atoms with van der Waals surface area (Å²) in [6.07, 6.45) is -0.161. The van der Waals surface area contributed by atoms with Crippen LogP contribution in [0.25, 0.3) is 0 Å². The molecule has 19 heavy (non-hydrogen) atoms. The van der Waals surface area contributed by atoms with Crippen LogP contribution < -0.4 is 5.32 Å². The molecule has 0 saturated carbocycles. The molecule has 0 bridgehead atoms. The molecule has 2 heterocycles. The van der Waals surface area contributed by atoms with Gasteiger partial charge >= 0.3 is 0 Å². The molecule has 0 spiro atoms. The van der Waals surface area contributed by atoms with Gasteiger partial charge in [0.2, 0.25) is 5.91 Å². The van der Waals surface area contributed by atoms with Crippen molar-refractivity contribution < 1.29 is 14.7 Å². The van der Waals surface area contributed by atoms with Gasteiger partial charge in [0.15, 0.2) is 0 Å². The summed E-state index contributed by atoms with van der Waals surface area (Å²) in [5, 5.41) is 12.4. The maximum absolute atomic E-state index is 12.4. The minimum Gasteiger partial charge on any atom is -0.372 e. The summed E-state index contributed by atoms with van der Waals surface area (Å²) in [4.78, 5) is 25.2. The smallest absolute Gasteiger partial charge is 0.254 e. The molecule has 1 aromatic carbocycles. The largest absolute Gasteiger partial charge is 0.372 e. The van der Waals surface area contributed by atoms with Crippen molar-refractivity contribution in [2.24, 2.45) is 0 Å². The first-order valence-electron chi connectivity index (χ1n) is 6.13. The fraction of sp³-hybridized carbons (Fsp3) is 0.385. The standard InChI is InChI=1S/C13H13BrN2O3/c14-9-3-1-2-7-8(9)6-16(13(7)19)10-4-5-11(17)15-12(10)18/h1-3,10,12,18H,4-6H2,(H,15,17). The van der Waals surface area contributed by atoms with E-state index in [9.17, 15) is 14.7 Å². The Morgan fingerprint density at radius 2 is 2.16 bits per heavy atom. The SMILES string of the molecule is O=C1CCC(N2Cc3c(Br)cccc3C2=O)C(O)N1. The number of hydrogen-bond donors (Lipinski definition) is 2. The molecule has 100 valence electrons. The van der Waals surface area contributed by atoms with Crippen LogP contribution in [0.5, 0.6) is 0 Å². The fourth-order valence-corrected chi connectivity index (χ4v) is 3.17. The van der Waals surface area contributed by atoms with Crippen molar-refractivity contribution in [1.82, 2.24) is 10.2 Å². The third-order valence-corrected chi connectivity index (χ3v) is 4.42. The maximum atomic E-state index is 12.4. The van der Waals surface area contributed by atoms with Crippen molar-refractivity contribution in [1.29, 1.82) is 0 Å². The lowest BCUT2D eigenvalue weighted by molar-refractivity contribution is -0.129. The van der Waals surface area contributed by atoms with E-state index in [-0.39, 0.29) is 17.9 Å². The molecule has 0 radical (unpaired) electrons. The van der Waals surface area contributed by atoms with Crippen LogP contribution in [0.3, 0.4) is 0 Å². The monoisotopic (exact) mass is 324 g/mol. The number of aliphatic hydroxyl groups is 1. The number of aliphatic hydroxyl groups excluding tert-OH is 1. The third-order valence-electron chi connectivity index (χ3n) is 3.68. The lowest BCUT2D eigenvalue weighted by Gasteiger charge is -2.35. The van der Waals surface area contributed by atoms with Gasteiger partial charge in [-0.15, -0.1) is 0 Å². The summed E-state index contributed by atoms with van der Waals surface area (Å²) < 4.78 is 0.898. The number of carbonyl (C=O) groups excluding carboxylic acids is 2. The Morgan fingerprint density at radius 1 is 1.37 bits per heavy atom. The summed E-state index contributed by atoms with van der Waals surface area (Å²) in [5.41, 5.74) is 1.61. The van der Waals surface area contributed by atoms with Crippen LogP contribution in [0, 0.1) is 0 Å². The van der Waals surface area contributed by atoms with Gasteiger partial charge in [-0.2, -0.15) is 0 Å². The molecular weight excluding hydrogens is 312 g/mol. The highest BCUT2D eigenvalue weighted by atomic mass is 79.9. The Balaban J connectivity index is 1.88. The predicted molar refractivity (Wildman–Crippen MR) is 71.2 cm³/mol. The molecule has 2 aliphatic heterocycles. The number of nitrogens with one attached hydrogen (secondary N) is 1. The molecular formula is C13H13BrN2O3. The highest BCUT2D eigenvalue weighted by Gasteiger charge is 2.39. The number of piperidine rings is 1. The molecule has 0 aliphatic carbocycles. The summed E-state index contributed by atoms with van der Waals surface area (Å²) in [6.45, 7) is 0.465. The van der Waals surface area contributed by atoms with Crippen LogP contribution in [0.15, 0.2) is 22.7 Å². The van der Waals surface area contributed by atoms with Crippen molar-refractivity contribution in [3.05, 3.63) is 33.8 Å². The molecule has 2 N–H and O–H groups in total. The number of nitrogens with zero attached hydrogens (tertiary/aromatic N) is 1. The number of rotatable bonds is 1. The molecule has 1 saturated heterocycles. The first kappa shape index (κ1) is 12.6. The van der Waals surface area contributed by atoms with E-state index in [1.807, 2.05) is 12.1 Å². The maximum Gasteiger partial charge on any atom is 0.254 e. The van der Waals surface area contributed by atoms with Crippen LogP contribution >= 0.6 is 15.9 Å². The summed E-state index contributed by atoms with van der Waals surface area (Å²) in [7, 11) is 0. The van der Waals surface area contributed by atoms with Gasteiger partial charge in [0, 0.05) is 23.0 Å². The molecule has 2 unspecified atom stereocenters. The van der Waals surface area contributed by atoms with Crippen LogP contribution in [0.1, 0.15) is 28.8 Å². The summed E-state index contributed by atoms with van der Waals surface area (Å²) in [6, 6.07) is 5.15. The Bertz CT molecular complexity index is 561. The van der Waals surface area contributed by atoms with Crippen LogP contribution in [-0.2, 0) is 11.3 Å². The van der Waals surface area contributed by atoms with Crippen molar-refractivity contribution >= 4 is 27.7 Å². The molecule has 1 fully saturated rings. The fourth-order valence-electron chi connectivity index (χ4n) is 2.68. The van der Waals surface area contributed by atoms with Gasteiger partial charge < -0.3 is 15.3 Å². The number of hydrogen-bond acceptors (Lipinski definition) is 3. The number of carbonyl (C=O) groups is 2. The zero-order chi connectivity index (χ0) is 13.6. The minimum absolute atomic E-state index is 0.0866. The summed E-state index contributed by atoms with van der Waals surface area (Å²) in [5.74, 6) is -0.259. The molecule has 2 atom stereocenters. The molecule has 6 heteroatoms. The van der Waals surface area contributed by atoms with Gasteiger partial charge in [-0.3, -0.25) is 9.59 Å². The molecule has 0 aromatic heterocycles. The van der Waals surface area contributed by atoms with E-state index < -0.39 is 6.23 Å². The number of benzene rings is 1. The van der Waals surface area contributed by atoms with Crippen molar-refractivity contribution in [3.8, 4) is 0 Å². The Kier molecular flexibility index (Phi) is 3.06. The highest BCUT2D eigenvalue weighted by Crippen LogP contribution is 2.32. The predicted octanol–water partition coefficient (Wildman–Crippen LogP) is 1.00. The van der Waals surface area contributed by atoms with E-state index in [4.69, 9.17) is 0 Å². The zero-order valence-corrected chi connectivity index (χ0v) is 11.7. The van der Waals surface area contributed by atoms with E-state index in [2.05, 4.69) is 21.2 Å². The second kappa shape index (κ2) is 4.61. The van der Waals surface area contributed by atoms with Crippen molar-refractivity contribution in [3.63, 3.8) is 0 Å². The van der Waals surface area contributed by atoms with Gasteiger partial charge in [-0.25, -0.2) is 0 Å². The molecule has 5 nitrogen and oxygen atoms in total. The van der Waals surface area contributed by atoms with E-state index in [1.54, 1.807) is 11.0 Å². The summed E-state index contributed by atoms with van der Waals surface area (Å²) >= 11 is 3.44.